The number of amides is 1. The van der Waals surface area contributed by atoms with Crippen molar-refractivity contribution in [3.05, 3.63) is 166 Å². The molecule has 5 aromatic carbocycles. The maximum absolute atomic E-state index is 15.5. The van der Waals surface area contributed by atoms with Crippen LogP contribution in [0.3, 0.4) is 0 Å². The van der Waals surface area contributed by atoms with Gasteiger partial charge in [-0.25, -0.2) is 0 Å². The highest BCUT2D eigenvalue weighted by Crippen LogP contribution is 2.62. The van der Waals surface area contributed by atoms with Crippen LogP contribution < -0.4 is 9.47 Å². The molecule has 0 spiro atoms. The first-order valence-electron chi connectivity index (χ1n) is 24.6. The molecule has 71 heavy (non-hydrogen) atoms. The van der Waals surface area contributed by atoms with Crippen LogP contribution in [-0.2, 0) is 20.9 Å². The minimum Gasteiger partial charge on any atom is -0.459 e. The molecular weight excluding hydrogens is 915 g/mol. The summed E-state index contributed by atoms with van der Waals surface area (Å²) in [6.45, 7) is 10.4. The number of carbonyl (C=O) groups excluding carboxylic acids is 1. The molecule has 1 heterocycles. The number of non-ortho nitro benzene ring substituents is 1. The van der Waals surface area contributed by atoms with Crippen LogP contribution in [0.2, 0.25) is 0 Å². The molecule has 6 unspecified atom stereocenters. The fourth-order valence-corrected chi connectivity index (χ4v) is 11.0. The summed E-state index contributed by atoms with van der Waals surface area (Å²) in [5.41, 5.74) is 3.39. The number of ether oxygens (including phenoxy) is 3. The summed E-state index contributed by atoms with van der Waals surface area (Å²) in [5.74, 6) is -0.648. The van der Waals surface area contributed by atoms with E-state index in [2.05, 4.69) is 36.9 Å². The van der Waals surface area contributed by atoms with E-state index in [0.29, 0.717) is 41.4 Å². The summed E-state index contributed by atoms with van der Waals surface area (Å²) in [6, 6.07) is 33.4. The Balaban J connectivity index is 1.36. The van der Waals surface area contributed by atoms with Crippen molar-refractivity contribution in [3.8, 4) is 17.2 Å². The highest BCUT2D eigenvalue weighted by atomic mass is 32.2. The molecule has 0 bridgehead atoms. The van der Waals surface area contributed by atoms with Crippen molar-refractivity contribution >= 4 is 45.9 Å². The first-order valence-corrected chi connectivity index (χ1v) is 25.9. The lowest BCUT2D eigenvalue weighted by molar-refractivity contribution is -0.384. The number of hydrogen-bond donors (Lipinski definition) is 2. The summed E-state index contributed by atoms with van der Waals surface area (Å²) in [4.78, 5) is 35.9. The van der Waals surface area contributed by atoms with Crippen LogP contribution in [0.25, 0.3) is 16.8 Å². The minimum atomic E-state index is -1.51. The average Bonchev–Trinajstić information content (AvgIpc) is 3.37. The Labute approximate surface area is 421 Å². The highest BCUT2D eigenvalue weighted by molar-refractivity contribution is 7.98. The van der Waals surface area contributed by atoms with Gasteiger partial charge in [0.2, 0.25) is 11.7 Å². The third-order valence-corrected chi connectivity index (χ3v) is 14.5. The molecule has 0 radical (unpaired) electrons. The Morgan fingerprint density at radius 3 is 2.37 bits per heavy atom. The number of nitrogens with zero attached hydrogens (tertiary/aromatic N) is 3. The molecule has 0 saturated heterocycles. The zero-order valence-electron chi connectivity index (χ0n) is 41.1. The van der Waals surface area contributed by atoms with E-state index in [-0.39, 0.29) is 62.1 Å². The van der Waals surface area contributed by atoms with Crippen LogP contribution in [0.15, 0.2) is 150 Å². The van der Waals surface area contributed by atoms with Gasteiger partial charge in [0.05, 0.1) is 23.2 Å². The zero-order chi connectivity index (χ0) is 50.1. The third-order valence-electron chi connectivity index (χ3n) is 13.8. The van der Waals surface area contributed by atoms with Crippen LogP contribution in [0.5, 0.6) is 17.2 Å². The fraction of sp³-hybridized carbons (Fsp3) is 0.379. The number of allylic oxidation sites excluding steroid dienone is 1. The van der Waals surface area contributed by atoms with E-state index < -0.39 is 28.3 Å². The number of unbranched alkanes of at least 4 members (excludes halogenated alkanes) is 2. The van der Waals surface area contributed by atoms with E-state index in [1.54, 1.807) is 36.0 Å². The second-order valence-electron chi connectivity index (χ2n) is 19.5. The molecule has 12 nitrogen and oxygen atoms in total. The van der Waals surface area contributed by atoms with Crippen molar-refractivity contribution in [2.24, 2.45) is 22.9 Å². The molecule has 5 aromatic rings. The molecule has 13 heteroatoms. The number of thioether (sulfide) groups is 1. The minimum absolute atomic E-state index is 0.00671. The quantitative estimate of drug-likeness (QED) is 0.0181. The van der Waals surface area contributed by atoms with Gasteiger partial charge in [-0.15, -0.1) is 18.3 Å². The Morgan fingerprint density at radius 2 is 1.66 bits per heavy atom. The number of aliphatic hydroxyl groups is 2. The predicted octanol–water partition coefficient (Wildman–Crippen LogP) is 12.4. The van der Waals surface area contributed by atoms with E-state index in [4.69, 9.17) is 24.2 Å². The van der Waals surface area contributed by atoms with Gasteiger partial charge in [0.15, 0.2) is 0 Å². The molecule has 2 aliphatic carbocycles. The zero-order valence-corrected chi connectivity index (χ0v) is 41.9. The molecule has 8 rings (SSSR count). The molecule has 1 aliphatic heterocycles. The molecule has 372 valence electrons. The van der Waals surface area contributed by atoms with Crippen molar-refractivity contribution in [2.75, 3.05) is 26.1 Å². The van der Waals surface area contributed by atoms with Gasteiger partial charge in [-0.2, -0.15) is 0 Å². The standard InChI is InChI=1S/C58H65N3O9S/c1-6-34-67-58-53(60(38-42-17-13-16-40-14-7-8-18-47(40)42)54(64)31-22-39-20-23-43(24-21-39)61(65)66)37-51(59-70-57(2,3)4)49-35-41(15-9-11-32-62)48(19-10-12-33-63)55(56(49)58)50-36-45(27-30-52(50)69-58)68-44-25-28-46(71-5)29-26-44/h6-8,13-14,16-18,20-31,35-36,41,48,53,55-56,62-63H,1,9-12,15,19,32-34,37-38H2,2-5H3. The van der Waals surface area contributed by atoms with Crippen molar-refractivity contribution in [3.63, 3.8) is 0 Å². The van der Waals surface area contributed by atoms with Crippen molar-refractivity contribution < 1.29 is 39.0 Å². The van der Waals surface area contributed by atoms with Gasteiger partial charge in [0.1, 0.15) is 28.9 Å². The number of aliphatic hydroxyl groups excluding tert-OH is 2. The van der Waals surface area contributed by atoms with Crippen LogP contribution in [-0.4, -0.2) is 75.2 Å². The van der Waals surface area contributed by atoms with Crippen LogP contribution in [0.1, 0.15) is 88.3 Å². The molecule has 1 fully saturated rings. The number of benzene rings is 5. The summed E-state index contributed by atoms with van der Waals surface area (Å²) in [7, 11) is 0. The van der Waals surface area contributed by atoms with Crippen molar-refractivity contribution in [1.82, 2.24) is 4.90 Å². The van der Waals surface area contributed by atoms with E-state index in [1.807, 2.05) is 92.6 Å². The van der Waals surface area contributed by atoms with Crippen molar-refractivity contribution in [2.45, 2.75) is 101 Å². The first kappa shape index (κ1) is 51.1. The third kappa shape index (κ3) is 11.6. The van der Waals surface area contributed by atoms with E-state index in [0.717, 1.165) is 58.1 Å². The SMILES string of the molecule is C=CCOC12Oc3ccc(Oc4ccc(SC)cc4)cc3C3C(CCCCO)C(CCCCO)C=C(C(=NOC(C)(C)C)CC1N(Cc1cccc4ccccc14)C(=O)C=Cc1ccc([N+](=O)[O-])cc1)C32. The number of rotatable bonds is 21. The smallest absolute Gasteiger partial charge is 0.269 e. The van der Waals surface area contributed by atoms with Gasteiger partial charge in [0.25, 0.3) is 5.69 Å². The van der Waals surface area contributed by atoms with Gasteiger partial charge < -0.3 is 34.2 Å². The highest BCUT2D eigenvalue weighted by Gasteiger charge is 2.65. The number of carbonyl (C=O) groups is 1. The first-order chi connectivity index (χ1) is 34.4. The van der Waals surface area contributed by atoms with Crippen LogP contribution in [0, 0.1) is 27.9 Å². The summed E-state index contributed by atoms with van der Waals surface area (Å²) in [6.07, 6.45) is 13.9. The molecular formula is C58H65N3O9S. The monoisotopic (exact) mass is 979 g/mol. The Bertz CT molecular complexity index is 2760. The number of nitro benzene ring substituents is 1. The van der Waals surface area contributed by atoms with E-state index in [9.17, 15) is 20.3 Å². The van der Waals surface area contributed by atoms with Crippen LogP contribution in [0.4, 0.5) is 5.69 Å². The summed E-state index contributed by atoms with van der Waals surface area (Å²) < 4.78 is 21.4. The maximum Gasteiger partial charge on any atom is 0.269 e. The number of nitro groups is 1. The number of hydrogen-bond acceptors (Lipinski definition) is 11. The van der Waals surface area contributed by atoms with Gasteiger partial charge in [0, 0.05) is 60.8 Å². The maximum atomic E-state index is 15.5. The molecule has 0 aromatic heterocycles. The van der Waals surface area contributed by atoms with Gasteiger partial charge in [-0.3, -0.25) is 14.9 Å². The lowest BCUT2D eigenvalue weighted by atomic mass is 9.55. The Hall–Kier alpha value is -6.25. The second-order valence-corrected chi connectivity index (χ2v) is 20.4. The lowest BCUT2D eigenvalue weighted by Gasteiger charge is -2.60. The number of oxime groups is 1. The summed E-state index contributed by atoms with van der Waals surface area (Å²) >= 11 is 1.66. The van der Waals surface area contributed by atoms with Gasteiger partial charge >= 0.3 is 0 Å². The lowest BCUT2D eigenvalue weighted by Crippen LogP contribution is -2.70. The molecule has 2 N–H and O–H groups in total. The van der Waals surface area contributed by atoms with Gasteiger partial charge in [-0.05, 0) is 153 Å². The fourth-order valence-electron chi connectivity index (χ4n) is 10.6. The molecule has 3 aliphatic rings. The van der Waals surface area contributed by atoms with Crippen LogP contribution >= 0.6 is 11.8 Å². The largest absolute Gasteiger partial charge is 0.459 e. The average molecular weight is 980 g/mol. The summed E-state index contributed by atoms with van der Waals surface area (Å²) in [5, 5.41) is 38.7. The second kappa shape index (κ2) is 22.9. The molecule has 6 atom stereocenters. The predicted molar refractivity (Wildman–Crippen MR) is 281 cm³/mol. The number of fused-ring (bicyclic) bond motifs is 3. The molecule has 1 saturated carbocycles. The van der Waals surface area contributed by atoms with E-state index in [1.165, 1.54) is 18.2 Å². The van der Waals surface area contributed by atoms with Gasteiger partial charge in [-0.1, -0.05) is 72.6 Å². The van der Waals surface area contributed by atoms with E-state index >= 15 is 4.79 Å². The Kier molecular flexibility index (Phi) is 16.5. The Morgan fingerprint density at radius 1 is 0.944 bits per heavy atom. The molecule has 1 amide bonds. The topological polar surface area (TPSA) is 153 Å². The normalized spacial score (nSPS) is 22.0. The van der Waals surface area contributed by atoms with Crippen molar-refractivity contribution in [1.29, 1.82) is 0 Å².